The van der Waals surface area contributed by atoms with E-state index in [0.717, 1.165) is 30.7 Å². The van der Waals surface area contributed by atoms with Crippen LogP contribution in [0.25, 0.3) is 10.9 Å². The highest BCUT2D eigenvalue weighted by atomic mass is 16.5. The lowest BCUT2D eigenvalue weighted by Crippen LogP contribution is -2.20. The summed E-state index contributed by atoms with van der Waals surface area (Å²) < 4.78 is 7.21. The lowest BCUT2D eigenvalue weighted by molar-refractivity contribution is 0.363. The van der Waals surface area contributed by atoms with Gasteiger partial charge < -0.3 is 4.74 Å². The fourth-order valence-corrected chi connectivity index (χ4v) is 2.31. The van der Waals surface area contributed by atoms with E-state index in [1.54, 1.807) is 16.7 Å². The molecule has 0 saturated carbocycles. The van der Waals surface area contributed by atoms with E-state index >= 15 is 0 Å². The standard InChI is InChI=1S/C14H14N2O2/c1-2-8-18-10-5-6-12-11(9-10)14(17)16-7-3-4-13(16)15-12/h2,5-6,9H,1,3-4,7-8H2. The van der Waals surface area contributed by atoms with E-state index in [-0.39, 0.29) is 5.56 Å². The van der Waals surface area contributed by atoms with Gasteiger partial charge in [-0.15, -0.1) is 0 Å². The van der Waals surface area contributed by atoms with E-state index < -0.39 is 0 Å². The average molecular weight is 242 g/mol. The van der Waals surface area contributed by atoms with Crippen molar-refractivity contribution in [2.75, 3.05) is 6.61 Å². The van der Waals surface area contributed by atoms with Crippen molar-refractivity contribution in [1.82, 2.24) is 9.55 Å². The van der Waals surface area contributed by atoms with Crippen molar-refractivity contribution in [3.8, 4) is 5.75 Å². The number of hydrogen-bond acceptors (Lipinski definition) is 3. The Morgan fingerprint density at radius 2 is 2.39 bits per heavy atom. The first-order valence-electron chi connectivity index (χ1n) is 6.07. The van der Waals surface area contributed by atoms with Crippen molar-refractivity contribution < 1.29 is 4.74 Å². The van der Waals surface area contributed by atoms with E-state index in [4.69, 9.17) is 4.74 Å². The topological polar surface area (TPSA) is 44.1 Å². The van der Waals surface area contributed by atoms with Crippen LogP contribution in [-0.4, -0.2) is 16.2 Å². The Labute approximate surface area is 105 Å². The predicted octanol–water partition coefficient (Wildman–Crippen LogP) is 1.91. The summed E-state index contributed by atoms with van der Waals surface area (Å²) in [4.78, 5) is 16.8. The molecule has 2 aromatic rings. The summed E-state index contributed by atoms with van der Waals surface area (Å²) in [7, 11) is 0. The molecular formula is C14H14N2O2. The molecule has 0 spiro atoms. The van der Waals surface area contributed by atoms with Crippen LogP contribution in [0, 0.1) is 0 Å². The molecule has 1 aromatic carbocycles. The van der Waals surface area contributed by atoms with Crippen LogP contribution in [0.1, 0.15) is 12.2 Å². The van der Waals surface area contributed by atoms with Crippen molar-refractivity contribution in [3.63, 3.8) is 0 Å². The van der Waals surface area contributed by atoms with Gasteiger partial charge in [-0.1, -0.05) is 12.7 Å². The maximum absolute atomic E-state index is 12.3. The van der Waals surface area contributed by atoms with Crippen molar-refractivity contribution in [2.45, 2.75) is 19.4 Å². The molecule has 0 radical (unpaired) electrons. The van der Waals surface area contributed by atoms with Gasteiger partial charge in [0, 0.05) is 13.0 Å². The number of hydrogen-bond donors (Lipinski definition) is 0. The van der Waals surface area contributed by atoms with Crippen LogP contribution in [0.2, 0.25) is 0 Å². The van der Waals surface area contributed by atoms with Crippen molar-refractivity contribution >= 4 is 10.9 Å². The lowest BCUT2D eigenvalue weighted by Gasteiger charge is -2.07. The molecular weight excluding hydrogens is 228 g/mol. The van der Waals surface area contributed by atoms with Crippen LogP contribution in [0.5, 0.6) is 5.75 Å². The molecule has 1 aliphatic rings. The molecule has 0 unspecified atom stereocenters. The number of ether oxygens (including phenoxy) is 1. The summed E-state index contributed by atoms with van der Waals surface area (Å²) in [5.41, 5.74) is 0.788. The van der Waals surface area contributed by atoms with Crippen LogP contribution >= 0.6 is 0 Å². The average Bonchev–Trinajstić information content (AvgIpc) is 2.85. The number of nitrogens with zero attached hydrogens (tertiary/aromatic N) is 2. The van der Waals surface area contributed by atoms with Crippen molar-refractivity contribution in [1.29, 1.82) is 0 Å². The molecule has 4 heteroatoms. The summed E-state index contributed by atoms with van der Waals surface area (Å²) in [6, 6.07) is 5.44. The third kappa shape index (κ3) is 1.70. The summed E-state index contributed by atoms with van der Waals surface area (Å²) in [6.45, 7) is 4.81. The zero-order valence-corrected chi connectivity index (χ0v) is 10.1. The van der Waals surface area contributed by atoms with Gasteiger partial charge in [-0.3, -0.25) is 9.36 Å². The van der Waals surface area contributed by atoms with Crippen molar-refractivity contribution in [2.24, 2.45) is 0 Å². The zero-order chi connectivity index (χ0) is 12.5. The van der Waals surface area contributed by atoms with Gasteiger partial charge in [0.1, 0.15) is 18.2 Å². The van der Waals surface area contributed by atoms with Crippen LogP contribution in [0.4, 0.5) is 0 Å². The van der Waals surface area contributed by atoms with Crippen molar-refractivity contribution in [3.05, 3.63) is 47.0 Å². The molecule has 4 nitrogen and oxygen atoms in total. The van der Waals surface area contributed by atoms with Gasteiger partial charge in [0.25, 0.3) is 5.56 Å². The highest BCUT2D eigenvalue weighted by Crippen LogP contribution is 2.19. The fourth-order valence-electron chi connectivity index (χ4n) is 2.31. The van der Waals surface area contributed by atoms with Gasteiger partial charge in [0.05, 0.1) is 10.9 Å². The minimum atomic E-state index is 0.0385. The Hall–Kier alpha value is -2.10. The second kappa shape index (κ2) is 4.29. The first-order chi connectivity index (χ1) is 8.79. The summed E-state index contributed by atoms with van der Waals surface area (Å²) in [5, 5.41) is 0.627. The maximum atomic E-state index is 12.3. The third-order valence-corrected chi connectivity index (χ3v) is 3.15. The molecule has 2 heterocycles. The van der Waals surface area contributed by atoms with E-state index in [9.17, 15) is 4.79 Å². The molecule has 18 heavy (non-hydrogen) atoms. The Morgan fingerprint density at radius 3 is 3.22 bits per heavy atom. The number of aryl methyl sites for hydroxylation is 1. The largest absolute Gasteiger partial charge is 0.490 e. The third-order valence-electron chi connectivity index (χ3n) is 3.15. The normalized spacial score (nSPS) is 13.6. The molecule has 0 aliphatic carbocycles. The minimum absolute atomic E-state index is 0.0385. The van der Waals surface area contributed by atoms with Gasteiger partial charge in [0.15, 0.2) is 0 Å². The lowest BCUT2D eigenvalue weighted by atomic mass is 10.2. The Bertz CT molecular complexity index is 673. The molecule has 1 aromatic heterocycles. The molecule has 3 rings (SSSR count). The summed E-state index contributed by atoms with van der Waals surface area (Å²) >= 11 is 0. The predicted molar refractivity (Wildman–Crippen MR) is 70.0 cm³/mol. The number of benzene rings is 1. The Kier molecular flexibility index (Phi) is 2.63. The Balaban J connectivity index is 2.16. The van der Waals surface area contributed by atoms with Gasteiger partial charge >= 0.3 is 0 Å². The first kappa shape index (κ1) is 11.0. The monoisotopic (exact) mass is 242 g/mol. The highest BCUT2D eigenvalue weighted by molar-refractivity contribution is 5.79. The Morgan fingerprint density at radius 1 is 1.50 bits per heavy atom. The number of aromatic nitrogens is 2. The molecule has 1 aliphatic heterocycles. The van der Waals surface area contributed by atoms with E-state index in [1.807, 2.05) is 12.1 Å². The molecule has 0 N–H and O–H groups in total. The van der Waals surface area contributed by atoms with Crippen LogP contribution in [-0.2, 0) is 13.0 Å². The molecule has 0 fully saturated rings. The number of rotatable bonds is 3. The van der Waals surface area contributed by atoms with Gasteiger partial charge in [0.2, 0.25) is 0 Å². The van der Waals surface area contributed by atoms with E-state index in [0.29, 0.717) is 17.7 Å². The molecule has 0 amide bonds. The first-order valence-corrected chi connectivity index (χ1v) is 6.07. The summed E-state index contributed by atoms with van der Waals surface area (Å²) in [6.07, 6.45) is 3.57. The van der Waals surface area contributed by atoms with Gasteiger partial charge in [-0.2, -0.15) is 0 Å². The SMILES string of the molecule is C=CCOc1ccc2nc3n(c(=O)c2c1)CCC3. The van der Waals surface area contributed by atoms with Crippen LogP contribution in [0.15, 0.2) is 35.6 Å². The van der Waals surface area contributed by atoms with Gasteiger partial charge in [-0.05, 0) is 24.6 Å². The molecule has 0 atom stereocenters. The fraction of sp³-hybridized carbons (Fsp3) is 0.286. The van der Waals surface area contributed by atoms with E-state index in [2.05, 4.69) is 11.6 Å². The maximum Gasteiger partial charge on any atom is 0.261 e. The molecule has 0 bridgehead atoms. The van der Waals surface area contributed by atoms with Crippen LogP contribution < -0.4 is 10.3 Å². The van der Waals surface area contributed by atoms with Gasteiger partial charge in [-0.25, -0.2) is 4.98 Å². The second-order valence-corrected chi connectivity index (χ2v) is 4.37. The summed E-state index contributed by atoms with van der Waals surface area (Å²) in [5.74, 6) is 1.58. The van der Waals surface area contributed by atoms with Crippen LogP contribution in [0.3, 0.4) is 0 Å². The molecule has 92 valence electrons. The highest BCUT2D eigenvalue weighted by Gasteiger charge is 2.16. The second-order valence-electron chi connectivity index (χ2n) is 4.37. The minimum Gasteiger partial charge on any atom is -0.490 e. The zero-order valence-electron chi connectivity index (χ0n) is 10.1. The molecule has 0 saturated heterocycles. The quantitative estimate of drug-likeness (QED) is 0.772. The number of fused-ring (bicyclic) bond motifs is 2. The van der Waals surface area contributed by atoms with E-state index in [1.165, 1.54) is 0 Å². The smallest absolute Gasteiger partial charge is 0.261 e.